The lowest BCUT2D eigenvalue weighted by atomic mass is 9.94. The molecule has 138 valence electrons. The fourth-order valence-corrected chi connectivity index (χ4v) is 4.27. The maximum atomic E-state index is 13.0. The Morgan fingerprint density at radius 3 is 2.80 bits per heavy atom. The third-order valence-electron chi connectivity index (χ3n) is 5.73. The highest BCUT2D eigenvalue weighted by molar-refractivity contribution is 5.74. The Morgan fingerprint density at radius 2 is 2.08 bits per heavy atom. The number of likely N-dealkylation sites (tertiary alicyclic amines) is 1. The van der Waals surface area contributed by atoms with Gasteiger partial charge in [-0.25, -0.2) is 4.79 Å². The summed E-state index contributed by atoms with van der Waals surface area (Å²) in [7, 11) is 0. The molecule has 1 saturated carbocycles. The number of urea groups is 1. The highest BCUT2D eigenvalue weighted by Gasteiger charge is 2.28. The molecule has 1 atom stereocenters. The first-order valence-electron chi connectivity index (χ1n) is 9.96. The number of carbonyl (C=O) groups is 1. The second-order valence-electron chi connectivity index (χ2n) is 7.35. The molecule has 0 spiro atoms. The van der Waals surface area contributed by atoms with Crippen molar-refractivity contribution in [2.75, 3.05) is 19.6 Å². The van der Waals surface area contributed by atoms with E-state index in [1.54, 1.807) is 0 Å². The van der Waals surface area contributed by atoms with Gasteiger partial charge in [0.15, 0.2) is 0 Å². The molecule has 2 heterocycles. The lowest BCUT2D eigenvalue weighted by molar-refractivity contribution is 0.146. The predicted octanol–water partition coefficient (Wildman–Crippen LogP) is 3.41. The average molecular weight is 345 g/mol. The summed E-state index contributed by atoms with van der Waals surface area (Å²) >= 11 is 0. The van der Waals surface area contributed by atoms with Gasteiger partial charge >= 0.3 is 6.03 Å². The van der Waals surface area contributed by atoms with Gasteiger partial charge in [-0.15, -0.1) is 0 Å². The van der Waals surface area contributed by atoms with E-state index in [2.05, 4.69) is 22.1 Å². The molecule has 3 rings (SSSR count). The quantitative estimate of drug-likeness (QED) is 0.860. The summed E-state index contributed by atoms with van der Waals surface area (Å²) in [5.74, 6) is 0. The second-order valence-corrected chi connectivity index (χ2v) is 7.35. The van der Waals surface area contributed by atoms with Crippen LogP contribution in [0.5, 0.6) is 0 Å². The molecule has 25 heavy (non-hydrogen) atoms. The van der Waals surface area contributed by atoms with E-state index in [9.17, 15) is 4.79 Å². The Bertz CT molecular complexity index is 530. The summed E-state index contributed by atoms with van der Waals surface area (Å²) in [6, 6.07) is 6.86. The van der Waals surface area contributed by atoms with Crippen molar-refractivity contribution >= 4 is 6.03 Å². The van der Waals surface area contributed by atoms with Crippen LogP contribution in [0.3, 0.4) is 0 Å². The van der Waals surface area contributed by atoms with Gasteiger partial charge in [0.05, 0.1) is 12.2 Å². The zero-order chi connectivity index (χ0) is 17.5. The average Bonchev–Trinajstić information content (AvgIpc) is 3.13. The molecular weight excluding hydrogens is 312 g/mol. The van der Waals surface area contributed by atoms with Crippen LogP contribution in [-0.2, 0) is 6.54 Å². The SMILES string of the molecule is CCN1CCC[C@@H]1CNC(=O)N(Cc1ccccn1)C1CCCCC1. The molecule has 2 amide bonds. The normalized spacial score (nSPS) is 22.0. The Hall–Kier alpha value is -1.62. The van der Waals surface area contributed by atoms with E-state index in [-0.39, 0.29) is 6.03 Å². The molecule has 2 fully saturated rings. The number of nitrogens with one attached hydrogen (secondary N) is 1. The van der Waals surface area contributed by atoms with Crippen molar-refractivity contribution in [1.82, 2.24) is 20.1 Å². The van der Waals surface area contributed by atoms with E-state index in [4.69, 9.17) is 0 Å². The summed E-state index contributed by atoms with van der Waals surface area (Å²) in [5, 5.41) is 3.22. The minimum Gasteiger partial charge on any atom is -0.336 e. The largest absolute Gasteiger partial charge is 0.336 e. The number of amides is 2. The van der Waals surface area contributed by atoms with Gasteiger partial charge in [0.25, 0.3) is 0 Å². The number of carbonyl (C=O) groups excluding carboxylic acids is 1. The van der Waals surface area contributed by atoms with E-state index in [1.165, 1.54) is 32.1 Å². The lowest BCUT2D eigenvalue weighted by Gasteiger charge is -2.35. The fraction of sp³-hybridized carbons (Fsp3) is 0.700. The summed E-state index contributed by atoms with van der Waals surface area (Å²) < 4.78 is 0. The van der Waals surface area contributed by atoms with Gasteiger partial charge in [-0.3, -0.25) is 9.88 Å². The van der Waals surface area contributed by atoms with E-state index in [0.717, 1.165) is 38.2 Å². The number of aromatic nitrogens is 1. The standard InChI is InChI=1S/C20H32N4O/c1-2-23-14-8-12-19(23)15-22-20(25)24(18-10-4-3-5-11-18)16-17-9-6-7-13-21-17/h6-7,9,13,18-19H,2-5,8,10-12,14-16H2,1H3,(H,22,25)/t19-/m1/s1. The van der Waals surface area contributed by atoms with E-state index in [0.29, 0.717) is 18.6 Å². The third kappa shape index (κ3) is 4.94. The van der Waals surface area contributed by atoms with Crippen LogP contribution in [0.25, 0.3) is 0 Å². The lowest BCUT2D eigenvalue weighted by Crippen LogP contribution is -2.49. The first-order valence-corrected chi connectivity index (χ1v) is 9.96. The maximum absolute atomic E-state index is 13.0. The molecule has 2 aliphatic rings. The van der Waals surface area contributed by atoms with Crippen LogP contribution >= 0.6 is 0 Å². The number of nitrogens with zero attached hydrogens (tertiary/aromatic N) is 3. The predicted molar refractivity (Wildman–Crippen MR) is 100 cm³/mol. The molecule has 1 aliphatic carbocycles. The van der Waals surface area contributed by atoms with E-state index in [1.807, 2.05) is 29.3 Å². The van der Waals surface area contributed by atoms with Crippen molar-refractivity contribution in [3.05, 3.63) is 30.1 Å². The Morgan fingerprint density at radius 1 is 1.24 bits per heavy atom. The first-order chi connectivity index (χ1) is 12.3. The number of pyridine rings is 1. The van der Waals surface area contributed by atoms with Gasteiger partial charge in [-0.1, -0.05) is 32.3 Å². The maximum Gasteiger partial charge on any atom is 0.318 e. The van der Waals surface area contributed by atoms with Crippen molar-refractivity contribution < 1.29 is 4.79 Å². The van der Waals surface area contributed by atoms with Crippen LogP contribution in [-0.4, -0.2) is 52.5 Å². The molecule has 1 saturated heterocycles. The summed E-state index contributed by atoms with van der Waals surface area (Å²) in [4.78, 5) is 21.9. The number of likely N-dealkylation sites (N-methyl/N-ethyl adjacent to an activating group) is 1. The number of hydrogen-bond donors (Lipinski definition) is 1. The monoisotopic (exact) mass is 344 g/mol. The zero-order valence-electron chi connectivity index (χ0n) is 15.5. The van der Waals surface area contributed by atoms with Gasteiger partial charge in [0.1, 0.15) is 0 Å². The van der Waals surface area contributed by atoms with Gasteiger partial charge in [0.2, 0.25) is 0 Å². The van der Waals surface area contributed by atoms with Gasteiger partial charge in [-0.05, 0) is 50.9 Å². The van der Waals surface area contributed by atoms with Gasteiger partial charge in [0, 0.05) is 24.8 Å². The molecule has 1 aromatic rings. The number of rotatable bonds is 6. The van der Waals surface area contributed by atoms with Crippen molar-refractivity contribution in [3.63, 3.8) is 0 Å². The van der Waals surface area contributed by atoms with Crippen LogP contribution in [0.15, 0.2) is 24.4 Å². The van der Waals surface area contributed by atoms with Crippen LogP contribution in [0.4, 0.5) is 4.79 Å². The Labute approximate surface area is 151 Å². The fourth-order valence-electron chi connectivity index (χ4n) is 4.27. The zero-order valence-corrected chi connectivity index (χ0v) is 15.5. The minimum atomic E-state index is 0.0838. The van der Waals surface area contributed by atoms with E-state index < -0.39 is 0 Å². The molecule has 1 N–H and O–H groups in total. The molecule has 5 heteroatoms. The molecule has 5 nitrogen and oxygen atoms in total. The molecule has 0 aromatic carbocycles. The second kappa shape index (κ2) is 9.18. The smallest absolute Gasteiger partial charge is 0.318 e. The Kier molecular flexibility index (Phi) is 6.68. The van der Waals surface area contributed by atoms with Crippen LogP contribution in [0.2, 0.25) is 0 Å². The van der Waals surface area contributed by atoms with Crippen molar-refractivity contribution in [2.45, 2.75) is 70.5 Å². The summed E-state index contributed by atoms with van der Waals surface area (Å²) in [5.41, 5.74) is 0.972. The molecule has 0 radical (unpaired) electrons. The third-order valence-corrected chi connectivity index (χ3v) is 5.73. The van der Waals surface area contributed by atoms with Gasteiger partial charge in [-0.2, -0.15) is 0 Å². The topological polar surface area (TPSA) is 48.5 Å². The highest BCUT2D eigenvalue weighted by Crippen LogP contribution is 2.24. The van der Waals surface area contributed by atoms with Crippen molar-refractivity contribution in [2.24, 2.45) is 0 Å². The molecule has 1 aliphatic heterocycles. The van der Waals surface area contributed by atoms with Crippen LogP contribution in [0, 0.1) is 0 Å². The van der Waals surface area contributed by atoms with Crippen molar-refractivity contribution in [1.29, 1.82) is 0 Å². The summed E-state index contributed by atoms with van der Waals surface area (Å²) in [6.45, 7) is 5.81. The van der Waals surface area contributed by atoms with E-state index >= 15 is 0 Å². The van der Waals surface area contributed by atoms with Crippen LogP contribution < -0.4 is 5.32 Å². The van der Waals surface area contributed by atoms with Crippen LogP contribution in [0.1, 0.15) is 57.6 Å². The summed E-state index contributed by atoms with van der Waals surface area (Å²) in [6.07, 6.45) is 10.2. The molecular formula is C20H32N4O. The molecule has 0 unspecified atom stereocenters. The first kappa shape index (κ1) is 18.2. The minimum absolute atomic E-state index is 0.0838. The number of hydrogen-bond acceptors (Lipinski definition) is 3. The van der Waals surface area contributed by atoms with Gasteiger partial charge < -0.3 is 10.2 Å². The molecule has 1 aromatic heterocycles. The van der Waals surface area contributed by atoms with Crippen molar-refractivity contribution in [3.8, 4) is 0 Å². The molecule has 0 bridgehead atoms. The highest BCUT2D eigenvalue weighted by atomic mass is 16.2. The Balaban J connectivity index is 1.62.